The number of halogens is 4. The molecule has 0 radical (unpaired) electrons. The summed E-state index contributed by atoms with van der Waals surface area (Å²) < 4.78 is 56.0. The normalized spacial score (nSPS) is 14.6. The quantitative estimate of drug-likeness (QED) is 0.405. The molecule has 1 aromatic heterocycles. The number of likely N-dealkylation sites (N-methyl/N-ethyl adjacent to an activating group) is 1. The Morgan fingerprint density at radius 2 is 1.84 bits per heavy atom. The summed E-state index contributed by atoms with van der Waals surface area (Å²) >= 11 is 0. The average molecular weight is 512 g/mol. The molecule has 2 heterocycles. The maximum Gasteiger partial charge on any atom is 0.416 e. The Morgan fingerprint density at radius 1 is 1.08 bits per heavy atom. The lowest BCUT2D eigenvalue weighted by Crippen LogP contribution is -2.44. The third kappa shape index (κ3) is 6.64. The van der Waals surface area contributed by atoms with Gasteiger partial charge in [-0.25, -0.2) is 9.37 Å². The Bertz CT molecular complexity index is 1350. The number of benzene rings is 2. The van der Waals surface area contributed by atoms with E-state index in [0.717, 1.165) is 25.2 Å². The fraction of sp³-hybridized carbons (Fsp3) is 0.259. The van der Waals surface area contributed by atoms with Crippen molar-refractivity contribution in [3.63, 3.8) is 0 Å². The predicted octanol–water partition coefficient (Wildman–Crippen LogP) is 4.22. The molecule has 0 bridgehead atoms. The summed E-state index contributed by atoms with van der Waals surface area (Å²) in [7, 11) is 1.97. The smallest absolute Gasteiger partial charge is 0.383 e. The number of nitrogens with one attached hydrogen (secondary N) is 1. The van der Waals surface area contributed by atoms with Crippen molar-refractivity contribution in [1.82, 2.24) is 14.8 Å². The van der Waals surface area contributed by atoms with E-state index in [0.29, 0.717) is 24.2 Å². The highest BCUT2D eigenvalue weighted by Crippen LogP contribution is 2.34. The Morgan fingerprint density at radius 3 is 2.54 bits per heavy atom. The summed E-state index contributed by atoms with van der Waals surface area (Å²) in [6, 6.07) is 10.7. The van der Waals surface area contributed by atoms with E-state index in [-0.39, 0.29) is 29.2 Å². The van der Waals surface area contributed by atoms with Crippen molar-refractivity contribution < 1.29 is 22.4 Å². The monoisotopic (exact) mass is 511 g/mol. The molecule has 1 aliphatic rings. The maximum absolute atomic E-state index is 14.4. The summed E-state index contributed by atoms with van der Waals surface area (Å²) in [4.78, 5) is 20.8. The number of carbonyl (C=O) groups is 1. The molecule has 0 saturated carbocycles. The van der Waals surface area contributed by atoms with Crippen LogP contribution >= 0.6 is 0 Å². The van der Waals surface area contributed by atoms with Crippen LogP contribution in [0.2, 0.25) is 0 Å². The number of carbonyl (C=O) groups excluding carboxylic acids is 1. The summed E-state index contributed by atoms with van der Waals surface area (Å²) in [5.74, 6) is 4.11. The first-order chi connectivity index (χ1) is 17.6. The van der Waals surface area contributed by atoms with Crippen LogP contribution < -0.4 is 11.1 Å². The van der Waals surface area contributed by atoms with Gasteiger partial charge in [-0.1, -0.05) is 17.9 Å². The van der Waals surface area contributed by atoms with Crippen LogP contribution in [0.3, 0.4) is 0 Å². The molecule has 1 fully saturated rings. The van der Waals surface area contributed by atoms with Gasteiger partial charge in [-0.3, -0.25) is 9.69 Å². The molecule has 6 nitrogen and oxygen atoms in total. The van der Waals surface area contributed by atoms with Gasteiger partial charge in [0.15, 0.2) is 0 Å². The number of aromatic nitrogens is 1. The van der Waals surface area contributed by atoms with E-state index < -0.39 is 23.5 Å². The van der Waals surface area contributed by atoms with Crippen molar-refractivity contribution in [2.24, 2.45) is 0 Å². The van der Waals surface area contributed by atoms with Crippen molar-refractivity contribution in [2.45, 2.75) is 12.7 Å². The molecule has 3 aromatic rings. The molecule has 192 valence electrons. The third-order valence-electron chi connectivity index (χ3n) is 6.05. The highest BCUT2D eigenvalue weighted by molar-refractivity contribution is 6.04. The van der Waals surface area contributed by atoms with Crippen molar-refractivity contribution in [1.29, 1.82) is 0 Å². The fourth-order valence-electron chi connectivity index (χ4n) is 3.94. The first-order valence-electron chi connectivity index (χ1n) is 11.5. The second-order valence-corrected chi connectivity index (χ2v) is 8.78. The third-order valence-corrected chi connectivity index (χ3v) is 6.05. The minimum absolute atomic E-state index is 0.0847. The molecule has 1 saturated heterocycles. The number of nitrogen functional groups attached to an aromatic ring is 1. The van der Waals surface area contributed by atoms with Crippen LogP contribution in [0.4, 0.5) is 29.1 Å². The highest BCUT2D eigenvalue weighted by Gasteiger charge is 2.34. The molecule has 10 heteroatoms. The minimum atomic E-state index is -4.61. The van der Waals surface area contributed by atoms with Gasteiger partial charge in [-0.2, -0.15) is 13.2 Å². The second-order valence-electron chi connectivity index (χ2n) is 8.78. The lowest BCUT2D eigenvalue weighted by atomic mass is 10.0. The lowest BCUT2D eigenvalue weighted by Gasteiger charge is -2.33. The Labute approximate surface area is 212 Å². The number of piperazine rings is 1. The van der Waals surface area contributed by atoms with E-state index in [1.54, 1.807) is 12.1 Å². The number of nitrogens with two attached hydrogens (primary N) is 1. The first-order valence-corrected chi connectivity index (χ1v) is 11.5. The van der Waals surface area contributed by atoms with Crippen molar-refractivity contribution in [2.75, 3.05) is 44.3 Å². The van der Waals surface area contributed by atoms with Crippen LogP contribution in [0.1, 0.15) is 32.6 Å². The van der Waals surface area contributed by atoms with E-state index in [4.69, 9.17) is 5.73 Å². The number of alkyl halides is 3. The van der Waals surface area contributed by atoms with E-state index in [2.05, 4.69) is 27.0 Å². The van der Waals surface area contributed by atoms with Gasteiger partial charge in [-0.15, -0.1) is 0 Å². The van der Waals surface area contributed by atoms with Gasteiger partial charge in [-0.05, 0) is 55.1 Å². The van der Waals surface area contributed by atoms with Gasteiger partial charge >= 0.3 is 6.18 Å². The molecular formula is C27H25F4N5O. The summed E-state index contributed by atoms with van der Waals surface area (Å²) in [6.07, 6.45) is -3.10. The summed E-state index contributed by atoms with van der Waals surface area (Å²) in [6.45, 7) is 3.03. The van der Waals surface area contributed by atoms with Crippen molar-refractivity contribution in [3.05, 3.63) is 88.4 Å². The molecule has 0 spiro atoms. The van der Waals surface area contributed by atoms with Crippen LogP contribution in [0.25, 0.3) is 0 Å². The van der Waals surface area contributed by atoms with Crippen molar-refractivity contribution >= 4 is 17.4 Å². The zero-order valence-electron chi connectivity index (χ0n) is 20.1. The van der Waals surface area contributed by atoms with Crippen LogP contribution in [0, 0.1) is 17.7 Å². The number of rotatable bonds is 4. The molecule has 1 aliphatic heterocycles. The van der Waals surface area contributed by atoms with Crippen LogP contribution in [-0.4, -0.2) is 53.9 Å². The summed E-state index contributed by atoms with van der Waals surface area (Å²) in [5, 5.41) is 2.38. The van der Waals surface area contributed by atoms with Crippen LogP contribution in [0.5, 0.6) is 0 Å². The molecule has 0 unspecified atom stereocenters. The SMILES string of the molecule is CN1CCN(Cc2ccc(NC(=O)c3cc(C#Cc4cccnc4N)ccc3F)cc2C(F)(F)F)CC1. The van der Waals surface area contributed by atoms with Gasteiger partial charge in [0.25, 0.3) is 5.91 Å². The van der Waals surface area contributed by atoms with E-state index in [9.17, 15) is 22.4 Å². The van der Waals surface area contributed by atoms with E-state index in [1.165, 1.54) is 30.5 Å². The number of hydrogen-bond acceptors (Lipinski definition) is 5. The molecule has 2 aromatic carbocycles. The van der Waals surface area contributed by atoms with E-state index >= 15 is 0 Å². The zero-order chi connectivity index (χ0) is 26.6. The van der Waals surface area contributed by atoms with Gasteiger partial charge < -0.3 is 16.0 Å². The molecule has 0 atom stereocenters. The number of anilines is 2. The molecular weight excluding hydrogens is 486 g/mol. The van der Waals surface area contributed by atoms with Gasteiger partial charge in [0, 0.05) is 50.2 Å². The molecule has 3 N–H and O–H groups in total. The van der Waals surface area contributed by atoms with E-state index in [1.807, 2.05) is 11.9 Å². The highest BCUT2D eigenvalue weighted by atomic mass is 19.4. The second kappa shape index (κ2) is 11.0. The number of nitrogens with zero attached hydrogens (tertiary/aromatic N) is 3. The van der Waals surface area contributed by atoms with Gasteiger partial charge in [0.05, 0.1) is 16.7 Å². The topological polar surface area (TPSA) is 74.5 Å². The molecule has 37 heavy (non-hydrogen) atoms. The Balaban J connectivity index is 1.54. The van der Waals surface area contributed by atoms with Gasteiger partial charge in [0.1, 0.15) is 11.6 Å². The fourth-order valence-corrected chi connectivity index (χ4v) is 3.94. The average Bonchev–Trinajstić information content (AvgIpc) is 2.86. The zero-order valence-corrected chi connectivity index (χ0v) is 20.1. The van der Waals surface area contributed by atoms with Gasteiger partial charge in [0.2, 0.25) is 0 Å². The molecule has 1 amide bonds. The van der Waals surface area contributed by atoms with Crippen LogP contribution in [0.15, 0.2) is 54.7 Å². The number of pyridine rings is 1. The number of hydrogen-bond donors (Lipinski definition) is 2. The Hall–Kier alpha value is -3.94. The molecule has 4 rings (SSSR count). The first kappa shape index (κ1) is 26.1. The van der Waals surface area contributed by atoms with Crippen molar-refractivity contribution in [3.8, 4) is 11.8 Å². The lowest BCUT2D eigenvalue weighted by molar-refractivity contribution is -0.138. The largest absolute Gasteiger partial charge is 0.416 e. The minimum Gasteiger partial charge on any atom is -0.383 e. The number of amides is 1. The predicted molar refractivity (Wildman–Crippen MR) is 133 cm³/mol. The Kier molecular flexibility index (Phi) is 7.76. The maximum atomic E-state index is 14.4. The van der Waals surface area contributed by atoms with Crippen LogP contribution in [-0.2, 0) is 12.7 Å². The molecule has 0 aliphatic carbocycles. The standard InChI is InChI=1S/C27H25F4N5O/c1-35-11-13-36(14-12-35)17-20-7-8-21(16-23(20)27(29,30)31)34-26(37)22-15-18(5-9-24(22)28)4-6-19-3-2-10-33-25(19)32/h2-3,5,7-10,15-16H,11-14,17H2,1H3,(H2,32,33)(H,34,37). The summed E-state index contributed by atoms with van der Waals surface area (Å²) in [5.41, 5.74) is 5.41.